The van der Waals surface area contributed by atoms with Crippen LogP contribution in [0.2, 0.25) is 0 Å². The fourth-order valence-electron chi connectivity index (χ4n) is 1.97. The van der Waals surface area contributed by atoms with E-state index in [4.69, 9.17) is 0 Å². The highest BCUT2D eigenvalue weighted by atomic mass is 16.6. The van der Waals surface area contributed by atoms with Gasteiger partial charge in [-0.2, -0.15) is 0 Å². The smallest absolute Gasteiger partial charge is 0.343 e. The Bertz CT molecular complexity index is 416. The van der Waals surface area contributed by atoms with Crippen molar-refractivity contribution >= 4 is 23.9 Å². The van der Waals surface area contributed by atoms with Crippen LogP contribution >= 0.6 is 0 Å². The second-order valence-electron chi connectivity index (χ2n) is 3.20. The van der Waals surface area contributed by atoms with Gasteiger partial charge in [-0.15, -0.1) is 0 Å². The Morgan fingerprint density at radius 3 is 1.57 bits per heavy atom. The highest BCUT2D eigenvalue weighted by Crippen LogP contribution is 2.50. The predicted octanol–water partition coefficient (Wildman–Crippen LogP) is -1.30. The number of esters is 4. The minimum absolute atomic E-state index is 0.00384. The fraction of sp³-hybridized carbons (Fsp3) is 0.250. The number of rotatable bonds is 0. The summed E-state index contributed by atoms with van der Waals surface area (Å²) in [6.07, 6.45) is 0. The molecule has 6 nitrogen and oxygen atoms in total. The maximum atomic E-state index is 11.0. The zero-order chi connectivity index (χ0) is 10.0. The van der Waals surface area contributed by atoms with Gasteiger partial charge in [0.15, 0.2) is 0 Å². The largest absolute Gasteiger partial charge is 0.392 e. The average Bonchev–Trinajstić information content (AvgIpc) is 2.31. The van der Waals surface area contributed by atoms with Crippen molar-refractivity contribution in [1.29, 1.82) is 0 Å². The zero-order valence-corrected chi connectivity index (χ0v) is 6.60. The first kappa shape index (κ1) is 7.43. The molecule has 2 heterocycles. The number of carbonyl (C=O) groups is 4. The van der Waals surface area contributed by atoms with Crippen LogP contribution in [0.1, 0.15) is 0 Å². The van der Waals surface area contributed by atoms with Crippen LogP contribution in [0.15, 0.2) is 11.1 Å². The van der Waals surface area contributed by atoms with E-state index in [9.17, 15) is 19.2 Å². The number of hydrogen-bond acceptors (Lipinski definition) is 6. The van der Waals surface area contributed by atoms with Gasteiger partial charge in [-0.05, 0) is 0 Å². The lowest BCUT2D eigenvalue weighted by atomic mass is 9.70. The van der Waals surface area contributed by atoms with Gasteiger partial charge in [0.1, 0.15) is 11.8 Å². The van der Waals surface area contributed by atoms with Gasteiger partial charge in [0, 0.05) is 0 Å². The monoisotopic (exact) mass is 194 g/mol. The molecule has 70 valence electrons. The molecule has 0 aromatic rings. The summed E-state index contributed by atoms with van der Waals surface area (Å²) >= 11 is 0. The van der Waals surface area contributed by atoms with Gasteiger partial charge < -0.3 is 9.47 Å². The number of carbonyl (C=O) groups excluding carboxylic acids is 4. The molecule has 3 aliphatic rings. The summed E-state index contributed by atoms with van der Waals surface area (Å²) in [7, 11) is 0. The van der Waals surface area contributed by atoms with Crippen LogP contribution in [-0.4, -0.2) is 23.9 Å². The van der Waals surface area contributed by atoms with E-state index in [-0.39, 0.29) is 11.1 Å². The van der Waals surface area contributed by atoms with Gasteiger partial charge in [0.2, 0.25) is 0 Å². The molecule has 2 unspecified atom stereocenters. The van der Waals surface area contributed by atoms with Crippen molar-refractivity contribution in [3.8, 4) is 0 Å². The van der Waals surface area contributed by atoms with Crippen molar-refractivity contribution < 1.29 is 28.7 Å². The molecule has 3 rings (SSSR count). The maximum Gasteiger partial charge on any atom is 0.343 e. The van der Waals surface area contributed by atoms with Crippen LogP contribution in [0.4, 0.5) is 0 Å². The molecular weight excluding hydrogens is 192 g/mol. The van der Waals surface area contributed by atoms with E-state index in [0.29, 0.717) is 0 Å². The van der Waals surface area contributed by atoms with E-state index in [0.717, 1.165) is 0 Å². The summed E-state index contributed by atoms with van der Waals surface area (Å²) in [5.74, 6) is -5.03. The van der Waals surface area contributed by atoms with E-state index in [1.807, 2.05) is 0 Å². The van der Waals surface area contributed by atoms with Crippen LogP contribution in [0, 0.1) is 11.8 Å². The summed E-state index contributed by atoms with van der Waals surface area (Å²) in [5.41, 5.74) is -0.00769. The molecule has 0 radical (unpaired) electrons. The van der Waals surface area contributed by atoms with Crippen molar-refractivity contribution in [3.63, 3.8) is 0 Å². The Morgan fingerprint density at radius 1 is 0.714 bits per heavy atom. The van der Waals surface area contributed by atoms with Gasteiger partial charge >= 0.3 is 23.9 Å². The molecule has 1 fully saturated rings. The Hall–Kier alpha value is -1.98. The van der Waals surface area contributed by atoms with Gasteiger partial charge in [-0.25, -0.2) is 9.59 Å². The molecular formula is C8H2O6. The molecule has 0 saturated carbocycles. The number of cyclic esters (lactones) is 4. The summed E-state index contributed by atoms with van der Waals surface area (Å²) in [6.45, 7) is 0. The van der Waals surface area contributed by atoms with Crippen molar-refractivity contribution in [1.82, 2.24) is 0 Å². The third kappa shape index (κ3) is 0.564. The van der Waals surface area contributed by atoms with E-state index < -0.39 is 35.7 Å². The molecule has 0 aromatic heterocycles. The lowest BCUT2D eigenvalue weighted by molar-refractivity contribution is -0.156. The van der Waals surface area contributed by atoms with Crippen LogP contribution in [0.3, 0.4) is 0 Å². The second-order valence-corrected chi connectivity index (χ2v) is 3.20. The minimum Gasteiger partial charge on any atom is -0.392 e. The number of ether oxygens (including phenoxy) is 2. The molecule has 14 heavy (non-hydrogen) atoms. The molecule has 1 aliphatic carbocycles. The van der Waals surface area contributed by atoms with E-state index in [1.54, 1.807) is 0 Å². The van der Waals surface area contributed by atoms with E-state index in [2.05, 4.69) is 9.47 Å². The summed E-state index contributed by atoms with van der Waals surface area (Å²) in [5, 5.41) is 0. The second kappa shape index (κ2) is 1.92. The molecule has 0 amide bonds. The third-order valence-electron chi connectivity index (χ3n) is 2.58. The van der Waals surface area contributed by atoms with E-state index in [1.165, 1.54) is 0 Å². The highest BCUT2D eigenvalue weighted by Gasteiger charge is 2.64. The van der Waals surface area contributed by atoms with E-state index >= 15 is 0 Å². The molecule has 1 saturated heterocycles. The Kier molecular flexibility index (Phi) is 1.02. The van der Waals surface area contributed by atoms with Crippen molar-refractivity contribution in [3.05, 3.63) is 11.1 Å². The van der Waals surface area contributed by atoms with Gasteiger partial charge in [0.05, 0.1) is 11.1 Å². The molecule has 2 aliphatic heterocycles. The van der Waals surface area contributed by atoms with Gasteiger partial charge in [0.25, 0.3) is 0 Å². The molecule has 2 atom stereocenters. The third-order valence-corrected chi connectivity index (χ3v) is 2.58. The van der Waals surface area contributed by atoms with Crippen LogP contribution in [-0.2, 0) is 28.7 Å². The summed E-state index contributed by atoms with van der Waals surface area (Å²) < 4.78 is 8.57. The quantitative estimate of drug-likeness (QED) is 0.351. The molecule has 0 bridgehead atoms. The number of fused-ring (bicyclic) bond motifs is 3. The molecule has 0 N–H and O–H groups in total. The lowest BCUT2D eigenvalue weighted by Crippen LogP contribution is -2.34. The van der Waals surface area contributed by atoms with Crippen molar-refractivity contribution in [2.45, 2.75) is 0 Å². The predicted molar refractivity (Wildman–Crippen MR) is 36.2 cm³/mol. The topological polar surface area (TPSA) is 86.7 Å². The standard InChI is InChI=1S/C8H2O6/c9-5-1-2(6(10)13-5)4-3(1)7(11)14-8(4)12/h1-2H. The normalized spacial score (nSPS) is 33.7. The van der Waals surface area contributed by atoms with Crippen LogP contribution in [0.25, 0.3) is 0 Å². The first-order valence-corrected chi connectivity index (χ1v) is 3.87. The van der Waals surface area contributed by atoms with Crippen LogP contribution in [0.5, 0.6) is 0 Å². The molecule has 0 spiro atoms. The Morgan fingerprint density at radius 2 is 1.14 bits per heavy atom. The fourth-order valence-corrected chi connectivity index (χ4v) is 1.97. The van der Waals surface area contributed by atoms with Crippen molar-refractivity contribution in [2.24, 2.45) is 11.8 Å². The molecule has 6 heteroatoms. The first-order valence-electron chi connectivity index (χ1n) is 3.87. The van der Waals surface area contributed by atoms with Gasteiger partial charge in [-0.1, -0.05) is 0 Å². The zero-order valence-electron chi connectivity index (χ0n) is 6.60. The average molecular weight is 194 g/mol. The Balaban J connectivity index is 2.16. The lowest BCUT2D eigenvalue weighted by Gasteiger charge is -2.21. The highest BCUT2D eigenvalue weighted by molar-refractivity contribution is 6.24. The first-order chi connectivity index (χ1) is 6.61. The Labute approximate surface area is 76.5 Å². The minimum atomic E-state index is -0.906. The van der Waals surface area contributed by atoms with Gasteiger partial charge in [-0.3, -0.25) is 9.59 Å². The summed E-state index contributed by atoms with van der Waals surface area (Å²) in [4.78, 5) is 44.1. The SMILES string of the molecule is O=C1OC(=O)C2=C1C1C(=O)OC(=O)C21. The summed E-state index contributed by atoms with van der Waals surface area (Å²) in [6, 6.07) is 0. The molecule has 0 aromatic carbocycles. The van der Waals surface area contributed by atoms with Crippen LogP contribution < -0.4 is 0 Å². The number of hydrogen-bond donors (Lipinski definition) is 0. The maximum absolute atomic E-state index is 11.0. The van der Waals surface area contributed by atoms with Crippen molar-refractivity contribution in [2.75, 3.05) is 0 Å².